The Hall–Kier alpha value is -2.83. The Bertz CT molecular complexity index is 819. The van der Waals surface area contributed by atoms with E-state index in [4.69, 9.17) is 14.2 Å². The highest BCUT2D eigenvalue weighted by molar-refractivity contribution is 5.76. The molecule has 0 aliphatic carbocycles. The molecule has 0 spiro atoms. The molecule has 0 unspecified atom stereocenters. The van der Waals surface area contributed by atoms with Crippen molar-refractivity contribution in [1.82, 2.24) is 14.8 Å². The Kier molecular flexibility index (Phi) is 6.56. The molecule has 1 N–H and O–H groups in total. The normalized spacial score (nSPS) is 15.8. The van der Waals surface area contributed by atoms with Gasteiger partial charge in [0.1, 0.15) is 0 Å². The number of fused-ring (bicyclic) bond motifs is 1. The molecule has 1 aromatic heterocycles. The van der Waals surface area contributed by atoms with Gasteiger partial charge in [-0.15, -0.1) is 0 Å². The summed E-state index contributed by atoms with van der Waals surface area (Å²) >= 11 is 0. The summed E-state index contributed by atoms with van der Waals surface area (Å²) in [5.74, 6) is 1.69. The maximum Gasteiger partial charge on any atom is 0.318 e. The first-order valence-corrected chi connectivity index (χ1v) is 10.1. The van der Waals surface area contributed by atoms with Gasteiger partial charge in [-0.25, -0.2) is 4.79 Å². The van der Waals surface area contributed by atoms with Crippen molar-refractivity contribution in [2.45, 2.75) is 45.3 Å². The first kappa shape index (κ1) is 20.9. The Morgan fingerprint density at radius 1 is 1.10 bits per heavy atom. The van der Waals surface area contributed by atoms with Gasteiger partial charge in [0.05, 0.1) is 27.4 Å². The first-order chi connectivity index (χ1) is 14.1. The molecule has 29 heavy (non-hydrogen) atoms. The van der Waals surface area contributed by atoms with Gasteiger partial charge in [0.2, 0.25) is 5.75 Å². The number of rotatable bonds is 7. The number of methoxy groups -OCH3 is 3. The average molecular weight is 402 g/mol. The third kappa shape index (κ3) is 3.99. The third-order valence-corrected chi connectivity index (χ3v) is 5.62. The molecule has 2 heterocycles. The van der Waals surface area contributed by atoms with Crippen LogP contribution in [0.3, 0.4) is 0 Å². The number of ether oxygens (including phenoxy) is 3. The number of aromatic nitrogens is 1. The SMILES string of the molecule is CCC(CC)NC(=O)N1CCn2cccc2[C@H]1c1cc(OC)c(OC)c(OC)c1. The van der Waals surface area contributed by atoms with E-state index in [1.165, 1.54) is 0 Å². The van der Waals surface area contributed by atoms with Crippen molar-refractivity contribution in [1.29, 1.82) is 0 Å². The monoisotopic (exact) mass is 401 g/mol. The molecule has 1 aromatic carbocycles. The van der Waals surface area contributed by atoms with E-state index in [1.54, 1.807) is 21.3 Å². The number of benzene rings is 1. The van der Waals surface area contributed by atoms with Crippen molar-refractivity contribution >= 4 is 6.03 Å². The minimum absolute atomic E-state index is 0.0510. The summed E-state index contributed by atoms with van der Waals surface area (Å²) in [4.78, 5) is 15.1. The van der Waals surface area contributed by atoms with E-state index >= 15 is 0 Å². The number of hydrogen-bond acceptors (Lipinski definition) is 4. The van der Waals surface area contributed by atoms with Gasteiger partial charge in [-0.05, 0) is 42.7 Å². The lowest BCUT2D eigenvalue weighted by atomic mass is 9.99. The highest BCUT2D eigenvalue weighted by atomic mass is 16.5. The van der Waals surface area contributed by atoms with Gasteiger partial charge in [0.15, 0.2) is 11.5 Å². The lowest BCUT2D eigenvalue weighted by Gasteiger charge is -2.38. The van der Waals surface area contributed by atoms with Gasteiger partial charge in [0.25, 0.3) is 0 Å². The van der Waals surface area contributed by atoms with Crippen LogP contribution in [0.1, 0.15) is 44.0 Å². The van der Waals surface area contributed by atoms with E-state index < -0.39 is 0 Å². The van der Waals surface area contributed by atoms with Crippen molar-refractivity contribution in [3.63, 3.8) is 0 Å². The largest absolute Gasteiger partial charge is 0.493 e. The van der Waals surface area contributed by atoms with E-state index in [2.05, 4.69) is 36.0 Å². The number of urea groups is 1. The van der Waals surface area contributed by atoms with Crippen molar-refractivity contribution in [3.05, 3.63) is 41.7 Å². The summed E-state index contributed by atoms with van der Waals surface area (Å²) in [6.07, 6.45) is 3.86. The molecule has 0 saturated heterocycles. The van der Waals surface area contributed by atoms with Crippen LogP contribution in [0, 0.1) is 0 Å². The molecule has 158 valence electrons. The molecule has 1 atom stereocenters. The van der Waals surface area contributed by atoms with Gasteiger partial charge >= 0.3 is 6.03 Å². The molecule has 0 saturated carbocycles. The second-order valence-electron chi connectivity index (χ2n) is 7.14. The molecule has 0 bridgehead atoms. The van der Waals surface area contributed by atoms with Crippen molar-refractivity contribution in [2.75, 3.05) is 27.9 Å². The van der Waals surface area contributed by atoms with Gasteiger partial charge in [0, 0.05) is 31.0 Å². The first-order valence-electron chi connectivity index (χ1n) is 10.1. The molecule has 1 aliphatic heterocycles. The fraction of sp³-hybridized carbons (Fsp3) is 0.500. The number of carbonyl (C=O) groups excluding carboxylic acids is 1. The maximum atomic E-state index is 13.2. The van der Waals surface area contributed by atoms with E-state index in [-0.39, 0.29) is 18.1 Å². The summed E-state index contributed by atoms with van der Waals surface area (Å²) in [6.45, 7) is 5.56. The van der Waals surface area contributed by atoms with Crippen molar-refractivity contribution in [3.8, 4) is 17.2 Å². The number of nitrogens with one attached hydrogen (secondary N) is 1. The fourth-order valence-electron chi connectivity index (χ4n) is 3.96. The topological polar surface area (TPSA) is 65.0 Å². The van der Waals surface area contributed by atoms with Crippen LogP contribution in [0.15, 0.2) is 30.5 Å². The molecule has 7 nitrogen and oxygen atoms in total. The maximum absolute atomic E-state index is 13.2. The summed E-state index contributed by atoms with van der Waals surface area (Å²) in [6, 6.07) is 7.79. The number of hydrogen-bond donors (Lipinski definition) is 1. The second kappa shape index (κ2) is 9.11. The summed E-state index contributed by atoms with van der Waals surface area (Å²) < 4.78 is 18.7. The van der Waals surface area contributed by atoms with Crippen LogP contribution < -0.4 is 19.5 Å². The highest BCUT2D eigenvalue weighted by Crippen LogP contribution is 2.43. The zero-order chi connectivity index (χ0) is 21.0. The molecule has 0 fully saturated rings. The lowest BCUT2D eigenvalue weighted by molar-refractivity contribution is 0.164. The van der Waals surface area contributed by atoms with Gasteiger partial charge in [-0.3, -0.25) is 0 Å². The van der Waals surface area contributed by atoms with Crippen LogP contribution in [-0.4, -0.2) is 49.4 Å². The van der Waals surface area contributed by atoms with Crippen LogP contribution in [0.2, 0.25) is 0 Å². The molecule has 0 radical (unpaired) electrons. The number of nitrogens with zero attached hydrogens (tertiary/aromatic N) is 2. The predicted octanol–water partition coefficient (Wildman–Crippen LogP) is 3.82. The standard InChI is InChI=1S/C22H31N3O4/c1-6-16(7-2)23-22(26)25-12-11-24-10-8-9-17(24)20(25)15-13-18(27-3)21(29-5)19(14-15)28-4/h8-10,13-14,16,20H,6-7,11-12H2,1-5H3,(H,23,26)/t20-/m1/s1. The zero-order valence-electron chi connectivity index (χ0n) is 17.9. The highest BCUT2D eigenvalue weighted by Gasteiger charge is 2.34. The van der Waals surface area contributed by atoms with Gasteiger partial charge in [-0.1, -0.05) is 13.8 Å². The number of carbonyl (C=O) groups is 1. The minimum Gasteiger partial charge on any atom is -0.493 e. The van der Waals surface area contributed by atoms with Crippen LogP contribution in [-0.2, 0) is 6.54 Å². The summed E-state index contributed by atoms with van der Waals surface area (Å²) in [5.41, 5.74) is 1.98. The number of amides is 2. The van der Waals surface area contributed by atoms with Gasteiger partial charge < -0.3 is 29.0 Å². The quantitative estimate of drug-likeness (QED) is 0.766. The molecule has 3 rings (SSSR count). The Labute approximate surface area is 172 Å². The third-order valence-electron chi connectivity index (χ3n) is 5.62. The van der Waals surface area contributed by atoms with Crippen molar-refractivity contribution < 1.29 is 19.0 Å². The van der Waals surface area contributed by atoms with E-state index in [9.17, 15) is 4.79 Å². The fourth-order valence-corrected chi connectivity index (χ4v) is 3.96. The van der Waals surface area contributed by atoms with Gasteiger partial charge in [-0.2, -0.15) is 0 Å². The van der Waals surface area contributed by atoms with E-state index in [0.717, 1.165) is 30.6 Å². The molecular formula is C22H31N3O4. The zero-order valence-corrected chi connectivity index (χ0v) is 17.9. The average Bonchev–Trinajstić information content (AvgIpc) is 3.24. The summed E-state index contributed by atoms with van der Waals surface area (Å²) in [7, 11) is 4.78. The van der Waals surface area contributed by atoms with Crippen LogP contribution in [0.5, 0.6) is 17.2 Å². The minimum atomic E-state index is -0.248. The predicted molar refractivity (Wildman–Crippen MR) is 112 cm³/mol. The van der Waals surface area contributed by atoms with Crippen molar-refractivity contribution in [2.24, 2.45) is 0 Å². The molecule has 1 aliphatic rings. The van der Waals surface area contributed by atoms with Crippen LogP contribution >= 0.6 is 0 Å². The smallest absolute Gasteiger partial charge is 0.318 e. The van der Waals surface area contributed by atoms with E-state index in [0.29, 0.717) is 23.8 Å². The van der Waals surface area contributed by atoms with E-state index in [1.807, 2.05) is 23.1 Å². The Balaban J connectivity index is 2.06. The Morgan fingerprint density at radius 2 is 1.76 bits per heavy atom. The molecule has 2 aromatic rings. The van der Waals surface area contributed by atoms with Crippen LogP contribution in [0.25, 0.3) is 0 Å². The lowest BCUT2D eigenvalue weighted by Crippen LogP contribution is -2.49. The Morgan fingerprint density at radius 3 is 2.31 bits per heavy atom. The molecule has 2 amide bonds. The molecule has 7 heteroatoms. The second-order valence-corrected chi connectivity index (χ2v) is 7.14. The summed E-state index contributed by atoms with van der Waals surface area (Å²) in [5, 5.41) is 3.18. The molecular weight excluding hydrogens is 370 g/mol. The van der Waals surface area contributed by atoms with Crippen LogP contribution in [0.4, 0.5) is 4.79 Å².